The quantitative estimate of drug-likeness (QED) is 0.839. The van der Waals surface area contributed by atoms with Crippen LogP contribution in [0.5, 0.6) is 0 Å². The van der Waals surface area contributed by atoms with Crippen LogP contribution in [0.2, 0.25) is 0 Å². The van der Waals surface area contributed by atoms with E-state index >= 15 is 0 Å². The van der Waals surface area contributed by atoms with Crippen LogP contribution in [0.15, 0.2) is 18.2 Å². The third kappa shape index (κ3) is 2.74. The second-order valence-corrected chi connectivity index (χ2v) is 4.06. The smallest absolute Gasteiger partial charge is 0.250 e. The number of amides is 1. The molecule has 5 heteroatoms. The number of carbonyl (C=O) groups is 1. The van der Waals surface area contributed by atoms with Crippen molar-refractivity contribution in [3.8, 4) is 0 Å². The van der Waals surface area contributed by atoms with Gasteiger partial charge in [-0.25, -0.2) is 4.39 Å². The molecule has 1 aromatic carbocycles. The number of rotatable bonds is 3. The van der Waals surface area contributed by atoms with Gasteiger partial charge >= 0.3 is 0 Å². The fourth-order valence-corrected chi connectivity index (χ4v) is 1.92. The van der Waals surface area contributed by atoms with E-state index in [1.807, 2.05) is 0 Å². The zero-order valence-corrected chi connectivity index (χ0v) is 9.41. The van der Waals surface area contributed by atoms with Gasteiger partial charge in [-0.15, -0.1) is 0 Å². The lowest BCUT2D eigenvalue weighted by Crippen LogP contribution is -2.29. The number of carbonyl (C=O) groups excluding carboxylic acids is 1. The number of benzene rings is 1. The minimum Gasteiger partial charge on any atom is -0.381 e. The van der Waals surface area contributed by atoms with E-state index in [0.717, 1.165) is 12.8 Å². The SMILES string of the molecule is NC(=O)c1cccc(F)c1NC1CCOCC1. The normalized spacial score (nSPS) is 16.8. The molecule has 1 aliphatic rings. The largest absolute Gasteiger partial charge is 0.381 e. The van der Waals surface area contributed by atoms with Crippen LogP contribution < -0.4 is 11.1 Å². The van der Waals surface area contributed by atoms with Gasteiger partial charge < -0.3 is 15.8 Å². The second kappa shape index (κ2) is 5.14. The van der Waals surface area contributed by atoms with Gasteiger partial charge in [-0.2, -0.15) is 0 Å². The lowest BCUT2D eigenvalue weighted by molar-refractivity contribution is 0.0903. The highest BCUT2D eigenvalue weighted by Gasteiger charge is 2.18. The monoisotopic (exact) mass is 238 g/mol. The summed E-state index contributed by atoms with van der Waals surface area (Å²) in [7, 11) is 0. The fraction of sp³-hybridized carbons (Fsp3) is 0.417. The summed E-state index contributed by atoms with van der Waals surface area (Å²) in [6.45, 7) is 1.30. The van der Waals surface area contributed by atoms with Crippen LogP contribution in [0, 0.1) is 5.82 Å². The highest BCUT2D eigenvalue weighted by molar-refractivity contribution is 5.98. The molecule has 2 rings (SSSR count). The van der Waals surface area contributed by atoms with E-state index < -0.39 is 11.7 Å². The molecule has 0 unspecified atom stereocenters. The van der Waals surface area contributed by atoms with Crippen molar-refractivity contribution in [1.82, 2.24) is 0 Å². The number of halogens is 1. The number of nitrogens with one attached hydrogen (secondary N) is 1. The van der Waals surface area contributed by atoms with Crippen LogP contribution in [0.3, 0.4) is 0 Å². The molecule has 1 heterocycles. The highest BCUT2D eigenvalue weighted by atomic mass is 19.1. The Morgan fingerprint density at radius 2 is 2.12 bits per heavy atom. The Labute approximate surface area is 98.9 Å². The van der Waals surface area contributed by atoms with Crippen LogP contribution in [0.25, 0.3) is 0 Å². The molecule has 1 aromatic rings. The highest BCUT2D eigenvalue weighted by Crippen LogP contribution is 2.22. The van der Waals surface area contributed by atoms with E-state index in [9.17, 15) is 9.18 Å². The number of anilines is 1. The third-order valence-electron chi connectivity index (χ3n) is 2.85. The van der Waals surface area contributed by atoms with Crippen molar-refractivity contribution in [2.75, 3.05) is 18.5 Å². The Balaban J connectivity index is 2.21. The standard InChI is InChI=1S/C12H15FN2O2/c13-10-3-1-2-9(12(14)16)11(10)15-8-4-6-17-7-5-8/h1-3,8,15H,4-7H2,(H2,14,16). The second-order valence-electron chi connectivity index (χ2n) is 4.06. The number of hydrogen-bond acceptors (Lipinski definition) is 3. The molecule has 4 nitrogen and oxygen atoms in total. The number of nitrogens with two attached hydrogens (primary N) is 1. The van der Waals surface area contributed by atoms with Crippen LogP contribution >= 0.6 is 0 Å². The molecular weight excluding hydrogens is 223 g/mol. The molecule has 0 radical (unpaired) electrons. The van der Waals surface area contributed by atoms with Gasteiger partial charge in [0, 0.05) is 19.3 Å². The maximum Gasteiger partial charge on any atom is 0.250 e. The number of hydrogen-bond donors (Lipinski definition) is 2. The zero-order chi connectivity index (χ0) is 12.3. The van der Waals surface area contributed by atoms with Gasteiger partial charge in [0.15, 0.2) is 0 Å². The maximum atomic E-state index is 13.7. The first kappa shape index (κ1) is 11.9. The molecule has 1 amide bonds. The van der Waals surface area contributed by atoms with Crippen molar-refractivity contribution in [3.05, 3.63) is 29.6 Å². The average Bonchev–Trinajstić information content (AvgIpc) is 2.33. The first-order valence-electron chi connectivity index (χ1n) is 5.61. The van der Waals surface area contributed by atoms with Crippen molar-refractivity contribution in [3.63, 3.8) is 0 Å². The van der Waals surface area contributed by atoms with E-state index in [0.29, 0.717) is 13.2 Å². The van der Waals surface area contributed by atoms with E-state index in [4.69, 9.17) is 10.5 Å². The van der Waals surface area contributed by atoms with E-state index in [-0.39, 0.29) is 17.3 Å². The van der Waals surface area contributed by atoms with Crippen molar-refractivity contribution in [2.24, 2.45) is 5.73 Å². The summed E-state index contributed by atoms with van der Waals surface area (Å²) in [6, 6.07) is 4.44. The van der Waals surface area contributed by atoms with E-state index in [1.165, 1.54) is 18.2 Å². The lowest BCUT2D eigenvalue weighted by Gasteiger charge is -2.25. The molecule has 92 valence electrons. The maximum absolute atomic E-state index is 13.7. The Kier molecular flexibility index (Phi) is 3.58. The van der Waals surface area contributed by atoms with E-state index in [1.54, 1.807) is 0 Å². The fourth-order valence-electron chi connectivity index (χ4n) is 1.92. The minimum atomic E-state index is -0.626. The van der Waals surface area contributed by atoms with Gasteiger partial charge in [0.2, 0.25) is 0 Å². The van der Waals surface area contributed by atoms with Gasteiger partial charge in [0.05, 0.1) is 11.3 Å². The van der Waals surface area contributed by atoms with Crippen LogP contribution in [-0.4, -0.2) is 25.2 Å². The summed E-state index contributed by atoms with van der Waals surface area (Å²) in [5, 5.41) is 3.04. The van der Waals surface area contributed by atoms with Crippen molar-refractivity contribution in [2.45, 2.75) is 18.9 Å². The van der Waals surface area contributed by atoms with Gasteiger partial charge in [-0.05, 0) is 25.0 Å². The van der Waals surface area contributed by atoms with Gasteiger partial charge in [0.1, 0.15) is 5.82 Å². The molecule has 0 saturated carbocycles. The van der Waals surface area contributed by atoms with Gasteiger partial charge in [0.25, 0.3) is 5.91 Å². The summed E-state index contributed by atoms with van der Waals surface area (Å²) in [5.41, 5.74) is 5.61. The molecule has 0 aliphatic carbocycles. The molecule has 0 spiro atoms. The first-order valence-corrected chi connectivity index (χ1v) is 5.61. The molecule has 0 bridgehead atoms. The number of ether oxygens (including phenoxy) is 1. The molecule has 1 fully saturated rings. The topological polar surface area (TPSA) is 64.4 Å². The average molecular weight is 238 g/mol. The number of para-hydroxylation sites is 1. The van der Waals surface area contributed by atoms with Crippen LogP contribution in [0.4, 0.5) is 10.1 Å². The first-order chi connectivity index (χ1) is 8.18. The predicted octanol–water partition coefficient (Wildman–Crippen LogP) is 1.52. The molecule has 1 aliphatic heterocycles. The van der Waals surface area contributed by atoms with Gasteiger partial charge in [-0.3, -0.25) is 4.79 Å². The number of primary amides is 1. The van der Waals surface area contributed by atoms with Crippen molar-refractivity contribution in [1.29, 1.82) is 0 Å². The Morgan fingerprint density at radius 3 is 2.76 bits per heavy atom. The van der Waals surface area contributed by atoms with Gasteiger partial charge in [-0.1, -0.05) is 6.07 Å². The predicted molar refractivity (Wildman–Crippen MR) is 62.4 cm³/mol. The molecular formula is C12H15FN2O2. The summed E-state index contributed by atoms with van der Waals surface area (Å²) in [6.07, 6.45) is 1.60. The Bertz CT molecular complexity index is 417. The van der Waals surface area contributed by atoms with Crippen molar-refractivity contribution < 1.29 is 13.9 Å². The summed E-state index contributed by atoms with van der Waals surface area (Å²) < 4.78 is 18.9. The molecule has 0 atom stereocenters. The molecule has 17 heavy (non-hydrogen) atoms. The lowest BCUT2D eigenvalue weighted by atomic mass is 10.1. The van der Waals surface area contributed by atoms with Crippen LogP contribution in [0.1, 0.15) is 23.2 Å². The zero-order valence-electron chi connectivity index (χ0n) is 9.41. The van der Waals surface area contributed by atoms with Crippen molar-refractivity contribution >= 4 is 11.6 Å². The minimum absolute atomic E-state index is 0.124. The third-order valence-corrected chi connectivity index (χ3v) is 2.85. The molecule has 3 N–H and O–H groups in total. The Morgan fingerprint density at radius 1 is 1.41 bits per heavy atom. The Hall–Kier alpha value is -1.62. The summed E-state index contributed by atoms with van der Waals surface area (Å²) in [4.78, 5) is 11.2. The summed E-state index contributed by atoms with van der Waals surface area (Å²) >= 11 is 0. The van der Waals surface area contributed by atoms with E-state index in [2.05, 4.69) is 5.32 Å². The van der Waals surface area contributed by atoms with Crippen LogP contribution in [-0.2, 0) is 4.74 Å². The molecule has 1 saturated heterocycles. The summed E-state index contributed by atoms with van der Waals surface area (Å²) in [5.74, 6) is -1.08. The molecule has 0 aromatic heterocycles.